The molecule has 0 radical (unpaired) electrons. The van der Waals surface area contributed by atoms with Crippen LogP contribution in [0.3, 0.4) is 0 Å². The van der Waals surface area contributed by atoms with Crippen LogP contribution in [0.5, 0.6) is 0 Å². The van der Waals surface area contributed by atoms with Crippen molar-refractivity contribution in [3.05, 3.63) is 11.7 Å². The van der Waals surface area contributed by atoms with E-state index in [1.54, 1.807) is 0 Å². The zero-order valence-electron chi connectivity index (χ0n) is 13.4. The maximum absolute atomic E-state index is 12.4. The molecule has 2 bridgehead atoms. The van der Waals surface area contributed by atoms with Gasteiger partial charge in [0.1, 0.15) is 0 Å². The molecule has 0 spiro atoms. The summed E-state index contributed by atoms with van der Waals surface area (Å²) in [5, 5.41) is 6.92. The van der Waals surface area contributed by atoms with Gasteiger partial charge in [0.15, 0.2) is 5.82 Å². The molecule has 22 heavy (non-hydrogen) atoms. The summed E-state index contributed by atoms with van der Waals surface area (Å²) in [4.78, 5) is 21.1. The molecule has 0 aromatic carbocycles. The van der Waals surface area contributed by atoms with E-state index in [2.05, 4.69) is 20.4 Å². The van der Waals surface area contributed by atoms with Crippen LogP contribution in [0, 0.1) is 0 Å². The fourth-order valence-electron chi connectivity index (χ4n) is 3.14. The number of carbonyl (C=O) groups is 1. The first-order valence-corrected chi connectivity index (χ1v) is 8.23. The van der Waals surface area contributed by atoms with Gasteiger partial charge in [0.2, 0.25) is 5.89 Å². The predicted molar refractivity (Wildman–Crippen MR) is 81.7 cm³/mol. The number of urea groups is 1. The van der Waals surface area contributed by atoms with Crippen molar-refractivity contribution in [3.8, 4) is 0 Å². The van der Waals surface area contributed by atoms with E-state index in [0.717, 1.165) is 44.8 Å². The van der Waals surface area contributed by atoms with Gasteiger partial charge in [-0.3, -0.25) is 0 Å². The molecular weight excluding hydrogens is 282 g/mol. The number of nitrogens with one attached hydrogen (secondary N) is 1. The first kappa shape index (κ1) is 15.3. The second-order valence-electron chi connectivity index (χ2n) is 6.45. The molecule has 1 aromatic heterocycles. The van der Waals surface area contributed by atoms with Crippen LogP contribution in [0.2, 0.25) is 0 Å². The molecule has 3 aliphatic heterocycles. The number of hydrogen-bond donors (Lipinski definition) is 1. The predicted octanol–water partition coefficient (Wildman–Crippen LogP) is 1.23. The Balaban J connectivity index is 1.47. The largest absolute Gasteiger partial charge is 0.339 e. The minimum absolute atomic E-state index is 0.0392. The molecule has 4 heterocycles. The highest BCUT2D eigenvalue weighted by molar-refractivity contribution is 5.74. The number of hydrogen-bond acceptors (Lipinski definition) is 5. The second kappa shape index (κ2) is 6.64. The number of aromatic nitrogens is 2. The molecule has 0 unspecified atom stereocenters. The van der Waals surface area contributed by atoms with Crippen LogP contribution in [-0.4, -0.2) is 64.7 Å². The molecule has 3 aliphatic rings. The number of nitrogens with zero attached hydrogens (tertiary/aromatic N) is 4. The van der Waals surface area contributed by atoms with Crippen LogP contribution in [-0.2, 0) is 6.42 Å². The highest BCUT2D eigenvalue weighted by atomic mass is 16.5. The van der Waals surface area contributed by atoms with Crippen LogP contribution in [0.1, 0.15) is 44.3 Å². The molecule has 1 N–H and O–H groups in total. The normalized spacial score (nSPS) is 24.6. The first-order valence-electron chi connectivity index (χ1n) is 8.23. The van der Waals surface area contributed by atoms with Gasteiger partial charge in [-0.15, -0.1) is 0 Å². The Labute approximate surface area is 131 Å². The molecule has 4 rings (SSSR count). The van der Waals surface area contributed by atoms with Gasteiger partial charge in [-0.2, -0.15) is 4.98 Å². The minimum atomic E-state index is 0.0392. The van der Waals surface area contributed by atoms with Crippen LogP contribution in [0.25, 0.3) is 0 Å². The minimum Gasteiger partial charge on any atom is -0.339 e. The van der Waals surface area contributed by atoms with E-state index in [1.807, 2.05) is 18.7 Å². The number of piperidine rings is 1. The Morgan fingerprint density at radius 2 is 2.09 bits per heavy atom. The SMILES string of the molecule is CC(C)c1noc(CCNC(=O)N2CCN3CCC2CC3)n1. The summed E-state index contributed by atoms with van der Waals surface area (Å²) < 4.78 is 5.19. The van der Waals surface area contributed by atoms with E-state index >= 15 is 0 Å². The van der Waals surface area contributed by atoms with Crippen LogP contribution in [0.15, 0.2) is 4.52 Å². The fourth-order valence-corrected chi connectivity index (χ4v) is 3.14. The molecule has 3 saturated heterocycles. The van der Waals surface area contributed by atoms with Crippen molar-refractivity contribution in [2.24, 2.45) is 0 Å². The molecule has 1 aromatic rings. The van der Waals surface area contributed by atoms with Gasteiger partial charge in [-0.1, -0.05) is 19.0 Å². The maximum atomic E-state index is 12.4. The molecule has 0 saturated carbocycles. The van der Waals surface area contributed by atoms with Crippen molar-refractivity contribution in [3.63, 3.8) is 0 Å². The standard InChI is InChI=1S/C15H25N5O2/c1-11(2)14-17-13(22-18-14)3-6-16-15(21)20-10-9-19-7-4-12(20)5-8-19/h11-12H,3-10H2,1-2H3,(H,16,21). The van der Waals surface area contributed by atoms with Crippen molar-refractivity contribution in [2.75, 3.05) is 32.7 Å². The zero-order valence-corrected chi connectivity index (χ0v) is 13.4. The molecule has 3 fully saturated rings. The van der Waals surface area contributed by atoms with E-state index in [9.17, 15) is 4.79 Å². The number of rotatable bonds is 4. The third kappa shape index (κ3) is 3.40. The molecule has 0 atom stereocenters. The highest BCUT2D eigenvalue weighted by Crippen LogP contribution is 2.20. The quantitative estimate of drug-likeness (QED) is 0.905. The molecule has 2 amide bonds. The lowest BCUT2D eigenvalue weighted by molar-refractivity contribution is 0.170. The van der Waals surface area contributed by atoms with Crippen LogP contribution in [0.4, 0.5) is 4.79 Å². The summed E-state index contributed by atoms with van der Waals surface area (Å²) in [6, 6.07) is 0.437. The average Bonchev–Trinajstić information content (AvgIpc) is 2.78. The van der Waals surface area contributed by atoms with Gasteiger partial charge in [0.25, 0.3) is 0 Å². The summed E-state index contributed by atoms with van der Waals surface area (Å²) >= 11 is 0. The van der Waals surface area contributed by atoms with Crippen molar-refractivity contribution in [1.82, 2.24) is 25.3 Å². The Bertz CT molecular complexity index is 508. The zero-order chi connectivity index (χ0) is 15.5. The Morgan fingerprint density at radius 3 is 2.77 bits per heavy atom. The smallest absolute Gasteiger partial charge is 0.317 e. The van der Waals surface area contributed by atoms with Crippen molar-refractivity contribution < 1.29 is 9.32 Å². The monoisotopic (exact) mass is 307 g/mol. The highest BCUT2D eigenvalue weighted by Gasteiger charge is 2.31. The topological polar surface area (TPSA) is 74.5 Å². The van der Waals surface area contributed by atoms with E-state index in [-0.39, 0.29) is 11.9 Å². The maximum Gasteiger partial charge on any atom is 0.317 e. The Hall–Kier alpha value is -1.63. The van der Waals surface area contributed by atoms with Gasteiger partial charge in [0.05, 0.1) is 0 Å². The van der Waals surface area contributed by atoms with Gasteiger partial charge >= 0.3 is 6.03 Å². The summed E-state index contributed by atoms with van der Waals surface area (Å²) in [5.41, 5.74) is 0. The van der Waals surface area contributed by atoms with Crippen LogP contribution < -0.4 is 5.32 Å². The lowest BCUT2D eigenvalue weighted by Crippen LogP contribution is -2.47. The number of amides is 2. The lowest BCUT2D eigenvalue weighted by Gasteiger charge is -2.31. The Morgan fingerprint density at radius 1 is 1.32 bits per heavy atom. The number of carbonyl (C=O) groups excluding carboxylic acids is 1. The first-order chi connectivity index (χ1) is 10.6. The van der Waals surface area contributed by atoms with E-state index in [4.69, 9.17) is 4.52 Å². The summed E-state index contributed by atoms with van der Waals surface area (Å²) in [6.45, 7) is 8.65. The summed E-state index contributed by atoms with van der Waals surface area (Å²) in [6.07, 6.45) is 2.76. The Kier molecular flexibility index (Phi) is 4.61. The molecule has 7 nitrogen and oxygen atoms in total. The van der Waals surface area contributed by atoms with Crippen molar-refractivity contribution in [2.45, 2.75) is 45.1 Å². The second-order valence-corrected chi connectivity index (χ2v) is 6.45. The van der Waals surface area contributed by atoms with E-state index in [0.29, 0.717) is 24.9 Å². The molecule has 122 valence electrons. The van der Waals surface area contributed by atoms with Gasteiger partial charge < -0.3 is 19.6 Å². The molecule has 0 aliphatic carbocycles. The summed E-state index contributed by atoms with van der Waals surface area (Å²) in [5.74, 6) is 1.57. The van der Waals surface area contributed by atoms with Crippen molar-refractivity contribution in [1.29, 1.82) is 0 Å². The summed E-state index contributed by atoms with van der Waals surface area (Å²) in [7, 11) is 0. The van der Waals surface area contributed by atoms with Gasteiger partial charge in [-0.25, -0.2) is 4.79 Å². The fraction of sp³-hybridized carbons (Fsp3) is 0.800. The van der Waals surface area contributed by atoms with Gasteiger partial charge in [0, 0.05) is 51.1 Å². The molecular formula is C15H25N5O2. The third-order valence-corrected chi connectivity index (χ3v) is 4.53. The van der Waals surface area contributed by atoms with Crippen LogP contribution >= 0.6 is 0 Å². The number of fused-ring (bicyclic) bond motifs is 4. The van der Waals surface area contributed by atoms with E-state index in [1.165, 1.54) is 0 Å². The average molecular weight is 307 g/mol. The lowest BCUT2D eigenvalue weighted by atomic mass is 10.1. The van der Waals surface area contributed by atoms with E-state index < -0.39 is 0 Å². The van der Waals surface area contributed by atoms with Gasteiger partial charge in [-0.05, 0) is 12.8 Å². The van der Waals surface area contributed by atoms with Crippen molar-refractivity contribution >= 4 is 6.03 Å². The third-order valence-electron chi connectivity index (χ3n) is 4.53. The molecule has 7 heteroatoms.